The number of rotatable bonds is 8. The first kappa shape index (κ1) is 16.8. The highest BCUT2D eigenvalue weighted by atomic mass is 32.2. The lowest BCUT2D eigenvalue weighted by atomic mass is 10.1. The number of ether oxygens (including phenoxy) is 1. The lowest BCUT2D eigenvalue weighted by Gasteiger charge is -2.07. The number of benzene rings is 1. The van der Waals surface area contributed by atoms with Crippen LogP contribution in [0.2, 0.25) is 0 Å². The van der Waals surface area contributed by atoms with Gasteiger partial charge in [0.05, 0.1) is 12.3 Å². The van der Waals surface area contributed by atoms with E-state index in [9.17, 15) is 4.79 Å². The molecule has 6 nitrogen and oxygen atoms in total. The van der Waals surface area contributed by atoms with Crippen molar-refractivity contribution in [1.29, 1.82) is 0 Å². The fourth-order valence-corrected chi connectivity index (χ4v) is 3.40. The molecule has 1 aromatic heterocycles. The lowest BCUT2D eigenvalue weighted by molar-refractivity contribution is -0.118. The third-order valence-corrected chi connectivity index (χ3v) is 4.84. The summed E-state index contributed by atoms with van der Waals surface area (Å²) in [6.45, 7) is 0.933. The molecule has 1 aliphatic carbocycles. The zero-order chi connectivity index (χ0) is 16.6. The maximum atomic E-state index is 11.8. The fourth-order valence-electron chi connectivity index (χ4n) is 2.76. The molecule has 7 heteroatoms. The van der Waals surface area contributed by atoms with Crippen molar-refractivity contribution in [3.05, 3.63) is 36.2 Å². The Hall–Kier alpha value is -2.02. The van der Waals surface area contributed by atoms with E-state index in [1.54, 1.807) is 0 Å². The van der Waals surface area contributed by atoms with Crippen LogP contribution in [0, 0.1) is 0 Å². The Morgan fingerprint density at radius 1 is 1.29 bits per heavy atom. The van der Waals surface area contributed by atoms with Gasteiger partial charge in [-0.1, -0.05) is 42.8 Å². The molecule has 1 amide bonds. The van der Waals surface area contributed by atoms with Crippen LogP contribution < -0.4 is 10.1 Å². The molecule has 128 valence electrons. The number of hydrogen-bond donors (Lipinski definition) is 2. The van der Waals surface area contributed by atoms with Gasteiger partial charge in [-0.25, -0.2) is 4.98 Å². The van der Waals surface area contributed by atoms with E-state index in [-0.39, 0.29) is 5.91 Å². The van der Waals surface area contributed by atoms with Crippen molar-refractivity contribution in [3.8, 4) is 5.75 Å². The van der Waals surface area contributed by atoms with Crippen molar-refractivity contribution in [2.45, 2.75) is 36.8 Å². The Kier molecular flexibility index (Phi) is 6.12. The number of carbonyl (C=O) groups excluding carboxylic acids is 1. The van der Waals surface area contributed by atoms with Crippen LogP contribution in [0.5, 0.6) is 5.75 Å². The number of nitrogens with zero attached hydrogens (tertiary/aromatic N) is 2. The van der Waals surface area contributed by atoms with Crippen molar-refractivity contribution < 1.29 is 9.53 Å². The van der Waals surface area contributed by atoms with Crippen molar-refractivity contribution >= 4 is 17.7 Å². The Balaban J connectivity index is 1.32. The van der Waals surface area contributed by atoms with Gasteiger partial charge < -0.3 is 10.1 Å². The van der Waals surface area contributed by atoms with Crippen LogP contribution in [-0.4, -0.2) is 40.0 Å². The second-order valence-corrected chi connectivity index (χ2v) is 6.73. The van der Waals surface area contributed by atoms with E-state index in [4.69, 9.17) is 4.74 Å². The standard InChI is InChI=1S/C17H22N4O2S/c22-15(18-10-11-23-14-8-2-1-3-9-14)12-24-17-19-16(20-21-17)13-6-4-5-7-13/h1-3,8-9,13H,4-7,10-12H2,(H,18,22)(H,19,20,21). The van der Waals surface area contributed by atoms with Crippen molar-refractivity contribution in [3.63, 3.8) is 0 Å². The van der Waals surface area contributed by atoms with E-state index in [1.165, 1.54) is 37.4 Å². The summed E-state index contributed by atoms with van der Waals surface area (Å²) < 4.78 is 5.53. The molecule has 2 aromatic rings. The Morgan fingerprint density at radius 3 is 2.88 bits per heavy atom. The number of H-pyrrole nitrogens is 1. The fraction of sp³-hybridized carbons (Fsp3) is 0.471. The summed E-state index contributed by atoms with van der Waals surface area (Å²) in [6, 6.07) is 9.56. The zero-order valence-corrected chi connectivity index (χ0v) is 14.3. The number of hydrogen-bond acceptors (Lipinski definition) is 5. The van der Waals surface area contributed by atoms with Crippen LogP contribution in [0.15, 0.2) is 35.5 Å². The van der Waals surface area contributed by atoms with Crippen LogP contribution in [-0.2, 0) is 4.79 Å². The number of nitrogens with one attached hydrogen (secondary N) is 2. The summed E-state index contributed by atoms with van der Waals surface area (Å²) in [7, 11) is 0. The molecule has 0 atom stereocenters. The van der Waals surface area contributed by atoms with E-state index < -0.39 is 0 Å². The second-order valence-electron chi connectivity index (χ2n) is 5.78. The summed E-state index contributed by atoms with van der Waals surface area (Å²) >= 11 is 1.36. The third-order valence-electron chi connectivity index (χ3n) is 3.99. The van der Waals surface area contributed by atoms with E-state index in [1.807, 2.05) is 30.3 Å². The van der Waals surface area contributed by atoms with Crippen LogP contribution in [0.25, 0.3) is 0 Å². The average molecular weight is 346 g/mol. The molecular formula is C17H22N4O2S. The van der Waals surface area contributed by atoms with Crippen LogP contribution >= 0.6 is 11.8 Å². The van der Waals surface area contributed by atoms with Gasteiger partial charge in [0.1, 0.15) is 18.2 Å². The molecule has 24 heavy (non-hydrogen) atoms. The van der Waals surface area contributed by atoms with Crippen molar-refractivity contribution in [2.75, 3.05) is 18.9 Å². The van der Waals surface area contributed by atoms with Gasteiger partial charge in [-0.15, -0.1) is 5.10 Å². The molecular weight excluding hydrogens is 324 g/mol. The summed E-state index contributed by atoms with van der Waals surface area (Å²) in [6.07, 6.45) is 4.89. The SMILES string of the molecule is O=C(CSc1n[nH]c(C2CCCC2)n1)NCCOc1ccccc1. The number of thioether (sulfide) groups is 1. The molecule has 0 unspecified atom stereocenters. The Morgan fingerprint density at radius 2 is 2.08 bits per heavy atom. The maximum Gasteiger partial charge on any atom is 0.230 e. The normalized spacial score (nSPS) is 14.7. The van der Waals surface area contributed by atoms with Gasteiger partial charge >= 0.3 is 0 Å². The van der Waals surface area contributed by atoms with Crippen LogP contribution in [0.4, 0.5) is 0 Å². The van der Waals surface area contributed by atoms with Crippen LogP contribution in [0.1, 0.15) is 37.4 Å². The minimum Gasteiger partial charge on any atom is -0.492 e. The molecule has 0 bridgehead atoms. The summed E-state index contributed by atoms with van der Waals surface area (Å²) in [5, 5.41) is 10.7. The molecule has 1 heterocycles. The van der Waals surface area contributed by atoms with Gasteiger partial charge in [-0.3, -0.25) is 9.89 Å². The Bertz CT molecular complexity index is 641. The summed E-state index contributed by atoms with van der Waals surface area (Å²) in [5.41, 5.74) is 0. The Labute approximate surface area is 145 Å². The molecule has 1 aromatic carbocycles. The molecule has 1 aliphatic rings. The smallest absolute Gasteiger partial charge is 0.230 e. The molecule has 0 aliphatic heterocycles. The number of aromatic amines is 1. The van der Waals surface area contributed by atoms with E-state index in [0.29, 0.717) is 30.0 Å². The monoisotopic (exact) mass is 346 g/mol. The summed E-state index contributed by atoms with van der Waals surface area (Å²) in [5.74, 6) is 2.56. The molecule has 0 radical (unpaired) electrons. The van der Waals surface area contributed by atoms with Gasteiger partial charge in [0.2, 0.25) is 11.1 Å². The summed E-state index contributed by atoms with van der Waals surface area (Å²) in [4.78, 5) is 16.3. The zero-order valence-electron chi connectivity index (χ0n) is 13.5. The average Bonchev–Trinajstić information content (AvgIpc) is 3.29. The highest BCUT2D eigenvalue weighted by Crippen LogP contribution is 2.32. The van der Waals surface area contributed by atoms with Gasteiger partial charge in [-0.05, 0) is 25.0 Å². The van der Waals surface area contributed by atoms with E-state index in [0.717, 1.165) is 11.6 Å². The number of amides is 1. The minimum absolute atomic E-state index is 0.0381. The van der Waals surface area contributed by atoms with Crippen molar-refractivity contribution in [2.24, 2.45) is 0 Å². The first-order valence-corrected chi connectivity index (χ1v) is 9.29. The quantitative estimate of drug-likeness (QED) is 0.567. The second kappa shape index (κ2) is 8.73. The first-order valence-electron chi connectivity index (χ1n) is 8.31. The largest absolute Gasteiger partial charge is 0.492 e. The van der Waals surface area contributed by atoms with Gasteiger partial charge in [-0.2, -0.15) is 0 Å². The highest BCUT2D eigenvalue weighted by molar-refractivity contribution is 7.99. The molecule has 0 spiro atoms. The third kappa shape index (κ3) is 4.99. The number of aromatic nitrogens is 3. The van der Waals surface area contributed by atoms with Crippen LogP contribution in [0.3, 0.4) is 0 Å². The minimum atomic E-state index is -0.0381. The highest BCUT2D eigenvalue weighted by Gasteiger charge is 2.20. The molecule has 1 fully saturated rings. The molecule has 3 rings (SSSR count). The van der Waals surface area contributed by atoms with Gasteiger partial charge in [0, 0.05) is 5.92 Å². The van der Waals surface area contributed by atoms with Gasteiger partial charge in [0.15, 0.2) is 0 Å². The topological polar surface area (TPSA) is 79.9 Å². The predicted molar refractivity (Wildman–Crippen MR) is 93.3 cm³/mol. The van der Waals surface area contributed by atoms with Crippen molar-refractivity contribution in [1.82, 2.24) is 20.5 Å². The first-order chi connectivity index (χ1) is 11.8. The molecule has 2 N–H and O–H groups in total. The van der Waals surface area contributed by atoms with Gasteiger partial charge in [0.25, 0.3) is 0 Å². The lowest BCUT2D eigenvalue weighted by Crippen LogP contribution is -2.29. The number of carbonyl (C=O) groups is 1. The molecule has 0 saturated heterocycles. The van der Waals surface area contributed by atoms with E-state index in [2.05, 4.69) is 20.5 Å². The van der Waals surface area contributed by atoms with E-state index >= 15 is 0 Å². The number of para-hydroxylation sites is 1. The maximum absolute atomic E-state index is 11.8. The molecule has 1 saturated carbocycles. The predicted octanol–water partition coefficient (Wildman–Crippen LogP) is 2.75.